The van der Waals surface area contributed by atoms with Crippen molar-refractivity contribution in [3.63, 3.8) is 0 Å². The second kappa shape index (κ2) is 7.44. The molecule has 3 rings (SSSR count). The molecule has 2 nitrogen and oxygen atoms in total. The Hall–Kier alpha value is -1.10. The highest BCUT2D eigenvalue weighted by Gasteiger charge is 2.25. The van der Waals surface area contributed by atoms with Crippen LogP contribution in [0.3, 0.4) is 0 Å². The fraction of sp³-hybridized carbons (Fsp3) is 0.353. The van der Waals surface area contributed by atoms with Crippen LogP contribution in [0.1, 0.15) is 30.6 Å². The fourth-order valence-electron chi connectivity index (χ4n) is 2.88. The number of nitrogens with one attached hydrogen (secondary N) is 1. The van der Waals surface area contributed by atoms with Crippen LogP contribution in [0.4, 0.5) is 5.69 Å². The van der Waals surface area contributed by atoms with Crippen LogP contribution in [-0.2, 0) is 6.54 Å². The number of thiophene rings is 1. The maximum absolute atomic E-state index is 5.94. The minimum atomic E-state index is 0.550. The number of rotatable bonds is 4. The van der Waals surface area contributed by atoms with Gasteiger partial charge in [0.15, 0.2) is 5.11 Å². The molecule has 0 amide bonds. The van der Waals surface area contributed by atoms with Crippen LogP contribution in [0.15, 0.2) is 41.8 Å². The molecule has 0 radical (unpaired) electrons. The average molecular weight is 351 g/mol. The zero-order valence-corrected chi connectivity index (χ0v) is 14.7. The largest absolute Gasteiger partial charge is 0.341 e. The zero-order valence-electron chi connectivity index (χ0n) is 12.3. The smallest absolute Gasteiger partial charge is 0.174 e. The third-order valence-electron chi connectivity index (χ3n) is 4.03. The third kappa shape index (κ3) is 4.00. The summed E-state index contributed by atoms with van der Waals surface area (Å²) in [7, 11) is 0. The van der Waals surface area contributed by atoms with Gasteiger partial charge in [0.05, 0.1) is 6.54 Å². The lowest BCUT2D eigenvalue weighted by Crippen LogP contribution is -2.40. The van der Waals surface area contributed by atoms with Gasteiger partial charge >= 0.3 is 0 Å². The van der Waals surface area contributed by atoms with Crippen LogP contribution in [-0.4, -0.2) is 16.1 Å². The van der Waals surface area contributed by atoms with E-state index in [1.54, 1.807) is 11.3 Å². The molecule has 1 aliphatic rings. The zero-order chi connectivity index (χ0) is 15.4. The molecule has 5 heteroatoms. The van der Waals surface area contributed by atoms with Gasteiger partial charge in [-0.3, -0.25) is 0 Å². The van der Waals surface area contributed by atoms with Crippen molar-refractivity contribution >= 4 is 46.0 Å². The molecule has 22 heavy (non-hydrogen) atoms. The second-order valence-electron chi connectivity index (χ2n) is 5.58. The summed E-state index contributed by atoms with van der Waals surface area (Å²) in [5, 5.41) is 7.03. The predicted molar refractivity (Wildman–Crippen MR) is 99.8 cm³/mol. The molecule has 0 aliphatic heterocycles. The molecule has 1 aliphatic carbocycles. The summed E-state index contributed by atoms with van der Waals surface area (Å²) in [5.74, 6) is 0. The molecule has 1 aromatic heterocycles. The monoisotopic (exact) mass is 350 g/mol. The van der Waals surface area contributed by atoms with Gasteiger partial charge in [-0.2, -0.15) is 0 Å². The van der Waals surface area contributed by atoms with Crippen LogP contribution < -0.4 is 5.32 Å². The molecule has 0 saturated heterocycles. The predicted octanol–water partition coefficient (Wildman–Crippen LogP) is 5.54. The lowest BCUT2D eigenvalue weighted by Gasteiger charge is -2.31. The van der Waals surface area contributed by atoms with Crippen LogP contribution in [0, 0.1) is 0 Å². The fourth-order valence-corrected chi connectivity index (χ4v) is 4.04. The van der Waals surface area contributed by atoms with Gasteiger partial charge in [0, 0.05) is 21.6 Å². The first-order chi connectivity index (χ1) is 10.7. The molecule has 1 aromatic carbocycles. The first-order valence-corrected chi connectivity index (χ1v) is 9.24. The van der Waals surface area contributed by atoms with Crippen molar-refractivity contribution in [3.05, 3.63) is 51.7 Å². The Labute approximate surface area is 146 Å². The molecule has 0 bridgehead atoms. The molecular formula is C17H19ClN2S2. The number of hydrogen-bond donors (Lipinski definition) is 1. The van der Waals surface area contributed by atoms with E-state index in [1.165, 1.54) is 30.6 Å². The topological polar surface area (TPSA) is 15.3 Å². The number of hydrogen-bond acceptors (Lipinski definition) is 2. The molecule has 1 N–H and O–H groups in total. The Kier molecular flexibility index (Phi) is 5.34. The van der Waals surface area contributed by atoms with E-state index in [9.17, 15) is 0 Å². The molecule has 116 valence electrons. The molecule has 0 atom stereocenters. The van der Waals surface area contributed by atoms with Crippen LogP contribution in [0.25, 0.3) is 0 Å². The molecule has 1 heterocycles. The Balaban J connectivity index is 1.72. The molecule has 0 unspecified atom stereocenters. The van der Waals surface area contributed by atoms with Crippen molar-refractivity contribution in [1.29, 1.82) is 0 Å². The highest BCUT2D eigenvalue weighted by Crippen LogP contribution is 2.27. The van der Waals surface area contributed by atoms with Gasteiger partial charge in [0.2, 0.25) is 0 Å². The Morgan fingerprint density at radius 2 is 1.95 bits per heavy atom. The summed E-state index contributed by atoms with van der Waals surface area (Å²) >= 11 is 13.4. The van der Waals surface area contributed by atoms with Gasteiger partial charge < -0.3 is 10.2 Å². The normalized spacial score (nSPS) is 15.0. The Morgan fingerprint density at radius 3 is 2.59 bits per heavy atom. The number of benzene rings is 1. The highest BCUT2D eigenvalue weighted by molar-refractivity contribution is 7.80. The van der Waals surface area contributed by atoms with Gasteiger partial charge in [-0.05, 0) is 60.8 Å². The van der Waals surface area contributed by atoms with Gasteiger partial charge in [-0.1, -0.05) is 30.5 Å². The first kappa shape index (κ1) is 15.8. The van der Waals surface area contributed by atoms with Gasteiger partial charge in [0.25, 0.3) is 0 Å². The summed E-state index contributed by atoms with van der Waals surface area (Å²) in [6.45, 7) is 0.891. The standard InChI is InChI=1S/C17H19ClN2S2/c18-13-7-9-14(10-8-13)19-17(21)20(15-4-1-2-5-15)12-16-6-3-11-22-16/h3,6-11,15H,1-2,4-5,12H2,(H,19,21). The van der Waals surface area contributed by atoms with Crippen LogP contribution in [0.5, 0.6) is 0 Å². The first-order valence-electron chi connectivity index (χ1n) is 7.58. The van der Waals surface area contributed by atoms with Gasteiger partial charge in [-0.15, -0.1) is 11.3 Å². The summed E-state index contributed by atoms with van der Waals surface area (Å²) in [4.78, 5) is 3.70. The maximum atomic E-state index is 5.94. The van der Waals surface area contributed by atoms with E-state index >= 15 is 0 Å². The van der Waals surface area contributed by atoms with E-state index in [0.29, 0.717) is 6.04 Å². The van der Waals surface area contributed by atoms with Crippen molar-refractivity contribution in [2.24, 2.45) is 0 Å². The molecule has 0 spiro atoms. The molecule has 2 aromatic rings. The minimum absolute atomic E-state index is 0.550. The minimum Gasteiger partial charge on any atom is -0.341 e. The quantitative estimate of drug-likeness (QED) is 0.728. The Bertz CT molecular complexity index is 604. The van der Waals surface area contributed by atoms with E-state index < -0.39 is 0 Å². The SMILES string of the molecule is S=C(Nc1ccc(Cl)cc1)N(Cc1cccs1)C1CCCC1. The summed E-state index contributed by atoms with van der Waals surface area (Å²) in [5.41, 5.74) is 0.989. The maximum Gasteiger partial charge on any atom is 0.174 e. The van der Waals surface area contributed by atoms with Crippen molar-refractivity contribution in [1.82, 2.24) is 4.90 Å². The van der Waals surface area contributed by atoms with E-state index in [2.05, 4.69) is 27.7 Å². The van der Waals surface area contributed by atoms with Crippen molar-refractivity contribution in [3.8, 4) is 0 Å². The van der Waals surface area contributed by atoms with Crippen molar-refractivity contribution < 1.29 is 0 Å². The highest BCUT2D eigenvalue weighted by atomic mass is 35.5. The number of nitrogens with zero attached hydrogens (tertiary/aromatic N) is 1. The number of halogens is 1. The van der Waals surface area contributed by atoms with E-state index in [0.717, 1.165) is 22.4 Å². The average Bonchev–Trinajstić information content (AvgIpc) is 3.20. The number of anilines is 1. The van der Waals surface area contributed by atoms with E-state index in [-0.39, 0.29) is 0 Å². The lowest BCUT2D eigenvalue weighted by molar-refractivity contribution is 0.314. The summed E-state index contributed by atoms with van der Waals surface area (Å²) in [6, 6.07) is 12.5. The van der Waals surface area contributed by atoms with Crippen molar-refractivity contribution in [2.75, 3.05) is 5.32 Å². The Morgan fingerprint density at radius 1 is 1.23 bits per heavy atom. The molecular weight excluding hydrogens is 332 g/mol. The van der Waals surface area contributed by atoms with E-state index in [1.807, 2.05) is 24.3 Å². The van der Waals surface area contributed by atoms with Gasteiger partial charge in [-0.25, -0.2) is 0 Å². The van der Waals surface area contributed by atoms with Crippen LogP contribution >= 0.6 is 35.2 Å². The summed E-state index contributed by atoms with van der Waals surface area (Å²) in [6.07, 6.45) is 5.06. The third-order valence-corrected chi connectivity index (χ3v) is 5.48. The lowest BCUT2D eigenvalue weighted by atomic mass is 10.2. The van der Waals surface area contributed by atoms with Gasteiger partial charge in [0.1, 0.15) is 0 Å². The molecule has 1 saturated carbocycles. The number of thiocarbonyl (C=S) groups is 1. The van der Waals surface area contributed by atoms with Crippen LogP contribution in [0.2, 0.25) is 5.02 Å². The van der Waals surface area contributed by atoms with E-state index in [4.69, 9.17) is 23.8 Å². The summed E-state index contributed by atoms with van der Waals surface area (Å²) < 4.78 is 0. The molecule has 1 fully saturated rings. The second-order valence-corrected chi connectivity index (χ2v) is 7.44. The van der Waals surface area contributed by atoms with Crippen molar-refractivity contribution in [2.45, 2.75) is 38.3 Å².